The third kappa shape index (κ3) is 3.75. The molecule has 2 aromatic heterocycles. The van der Waals surface area contributed by atoms with Crippen LogP contribution in [0, 0.1) is 0 Å². The first-order valence-electron chi connectivity index (χ1n) is 9.26. The molecule has 0 bridgehead atoms. The summed E-state index contributed by atoms with van der Waals surface area (Å²) in [4.78, 5) is 27.8. The summed E-state index contributed by atoms with van der Waals surface area (Å²) in [6.07, 6.45) is 1.69. The van der Waals surface area contributed by atoms with E-state index >= 15 is 0 Å². The van der Waals surface area contributed by atoms with E-state index in [4.69, 9.17) is 9.47 Å². The summed E-state index contributed by atoms with van der Waals surface area (Å²) in [6.45, 7) is 0.276. The Hall–Kier alpha value is -4.07. The van der Waals surface area contributed by atoms with Gasteiger partial charge in [-0.05, 0) is 23.3 Å². The molecule has 2 aromatic carbocycles. The molecule has 0 atom stereocenters. The lowest BCUT2D eigenvalue weighted by atomic mass is 10.2. The van der Waals surface area contributed by atoms with E-state index in [1.54, 1.807) is 32.5 Å². The average molecular weight is 404 g/mol. The van der Waals surface area contributed by atoms with Crippen LogP contribution in [-0.4, -0.2) is 34.7 Å². The van der Waals surface area contributed by atoms with Crippen LogP contribution >= 0.6 is 0 Å². The Kier molecular flexibility index (Phi) is 5.21. The number of aromatic nitrogens is 3. The van der Waals surface area contributed by atoms with E-state index in [0.29, 0.717) is 22.7 Å². The predicted octanol–water partition coefficient (Wildman–Crippen LogP) is 2.64. The number of amides is 1. The minimum Gasteiger partial charge on any atom is -0.493 e. The van der Waals surface area contributed by atoms with Crippen LogP contribution < -0.4 is 20.3 Å². The third-order valence-electron chi connectivity index (χ3n) is 4.69. The molecule has 0 aliphatic carbocycles. The Balaban J connectivity index is 1.55. The van der Waals surface area contributed by atoms with Gasteiger partial charge in [0, 0.05) is 12.6 Å². The van der Waals surface area contributed by atoms with Crippen molar-refractivity contribution >= 4 is 11.4 Å². The van der Waals surface area contributed by atoms with Gasteiger partial charge in [-0.1, -0.05) is 36.4 Å². The van der Waals surface area contributed by atoms with E-state index in [0.717, 1.165) is 11.1 Å². The number of carbonyl (C=O) groups excluding carboxylic acids is 1. The first-order chi connectivity index (χ1) is 14.6. The van der Waals surface area contributed by atoms with Gasteiger partial charge < -0.3 is 19.8 Å². The van der Waals surface area contributed by atoms with Crippen molar-refractivity contribution < 1.29 is 14.3 Å². The molecule has 2 N–H and O–H groups in total. The largest absolute Gasteiger partial charge is 0.493 e. The van der Waals surface area contributed by atoms with Crippen molar-refractivity contribution in [3.05, 3.63) is 82.4 Å². The van der Waals surface area contributed by atoms with Crippen molar-refractivity contribution in [2.24, 2.45) is 0 Å². The van der Waals surface area contributed by atoms with E-state index in [-0.39, 0.29) is 23.7 Å². The highest BCUT2D eigenvalue weighted by Gasteiger charge is 2.14. The van der Waals surface area contributed by atoms with E-state index in [2.05, 4.69) is 15.4 Å². The van der Waals surface area contributed by atoms with Crippen LogP contribution in [0.1, 0.15) is 16.1 Å². The van der Waals surface area contributed by atoms with Crippen LogP contribution in [-0.2, 0) is 6.54 Å². The van der Waals surface area contributed by atoms with Crippen LogP contribution in [0.3, 0.4) is 0 Å². The maximum Gasteiger partial charge on any atom is 0.274 e. The SMILES string of the molecule is COc1ccc(CNC(=O)c2cc3c(=O)[nH]c(-c4ccccc4)cn3n2)cc1OC. The number of rotatable bonds is 6. The van der Waals surface area contributed by atoms with Gasteiger partial charge in [-0.25, -0.2) is 4.52 Å². The molecule has 152 valence electrons. The first kappa shape index (κ1) is 19.3. The molecule has 0 radical (unpaired) electrons. The summed E-state index contributed by atoms with van der Waals surface area (Å²) < 4.78 is 11.9. The Morgan fingerprint density at radius 2 is 1.83 bits per heavy atom. The van der Waals surface area contributed by atoms with E-state index in [1.165, 1.54) is 10.6 Å². The number of aromatic amines is 1. The summed E-state index contributed by atoms with van der Waals surface area (Å²) in [5, 5.41) is 7.08. The zero-order chi connectivity index (χ0) is 21.1. The molecule has 8 nitrogen and oxygen atoms in total. The van der Waals surface area contributed by atoms with Gasteiger partial charge in [0.1, 0.15) is 5.52 Å². The summed E-state index contributed by atoms with van der Waals surface area (Å²) in [6, 6.07) is 16.3. The molecule has 0 unspecified atom stereocenters. The van der Waals surface area contributed by atoms with Gasteiger partial charge >= 0.3 is 0 Å². The number of nitrogens with zero attached hydrogens (tertiary/aromatic N) is 2. The summed E-state index contributed by atoms with van der Waals surface area (Å²) in [5.41, 5.74) is 2.45. The number of H-pyrrole nitrogens is 1. The number of ether oxygens (including phenoxy) is 2. The lowest BCUT2D eigenvalue weighted by molar-refractivity contribution is 0.0945. The fourth-order valence-electron chi connectivity index (χ4n) is 3.14. The van der Waals surface area contributed by atoms with Crippen molar-refractivity contribution in [2.75, 3.05) is 14.2 Å². The zero-order valence-electron chi connectivity index (χ0n) is 16.5. The van der Waals surface area contributed by atoms with Crippen molar-refractivity contribution in [3.63, 3.8) is 0 Å². The van der Waals surface area contributed by atoms with Gasteiger partial charge in [0.15, 0.2) is 17.2 Å². The van der Waals surface area contributed by atoms with Crippen LogP contribution in [0.25, 0.3) is 16.8 Å². The van der Waals surface area contributed by atoms with Crippen LogP contribution in [0.5, 0.6) is 11.5 Å². The van der Waals surface area contributed by atoms with Crippen LogP contribution in [0.15, 0.2) is 65.6 Å². The normalized spacial score (nSPS) is 10.7. The molecular formula is C22H20N4O4. The Morgan fingerprint density at radius 1 is 1.07 bits per heavy atom. The van der Waals surface area contributed by atoms with Gasteiger partial charge in [-0.15, -0.1) is 0 Å². The Bertz CT molecular complexity index is 1260. The van der Waals surface area contributed by atoms with Gasteiger partial charge in [0.2, 0.25) is 0 Å². The van der Waals surface area contributed by atoms with Crippen molar-refractivity contribution in [2.45, 2.75) is 6.54 Å². The Labute approximate surface area is 172 Å². The van der Waals surface area contributed by atoms with Crippen LogP contribution in [0.4, 0.5) is 0 Å². The quantitative estimate of drug-likeness (QED) is 0.515. The van der Waals surface area contributed by atoms with Crippen molar-refractivity contribution in [1.29, 1.82) is 0 Å². The minimum absolute atomic E-state index is 0.159. The molecule has 0 aliphatic rings. The van der Waals surface area contributed by atoms with E-state index in [9.17, 15) is 9.59 Å². The molecule has 0 fully saturated rings. The lowest BCUT2D eigenvalue weighted by Gasteiger charge is -2.10. The smallest absolute Gasteiger partial charge is 0.274 e. The second-order valence-corrected chi connectivity index (χ2v) is 6.59. The number of carbonyl (C=O) groups is 1. The van der Waals surface area contributed by atoms with E-state index < -0.39 is 0 Å². The van der Waals surface area contributed by atoms with Crippen molar-refractivity contribution in [3.8, 4) is 22.8 Å². The molecular weight excluding hydrogens is 384 g/mol. The van der Waals surface area contributed by atoms with E-state index in [1.807, 2.05) is 36.4 Å². The molecule has 1 amide bonds. The monoisotopic (exact) mass is 404 g/mol. The third-order valence-corrected chi connectivity index (χ3v) is 4.69. The number of fused-ring (bicyclic) bond motifs is 1. The highest BCUT2D eigenvalue weighted by atomic mass is 16.5. The maximum absolute atomic E-state index is 12.6. The molecule has 0 aliphatic heterocycles. The second-order valence-electron chi connectivity index (χ2n) is 6.59. The second kappa shape index (κ2) is 8.12. The average Bonchev–Trinajstić information content (AvgIpc) is 3.23. The van der Waals surface area contributed by atoms with Gasteiger partial charge in [-0.2, -0.15) is 5.10 Å². The van der Waals surface area contributed by atoms with Gasteiger partial charge in [-0.3, -0.25) is 9.59 Å². The highest BCUT2D eigenvalue weighted by molar-refractivity contribution is 5.93. The fraction of sp³-hybridized carbons (Fsp3) is 0.136. The molecule has 30 heavy (non-hydrogen) atoms. The zero-order valence-corrected chi connectivity index (χ0v) is 16.5. The number of methoxy groups -OCH3 is 2. The fourth-order valence-corrected chi connectivity index (χ4v) is 3.14. The lowest BCUT2D eigenvalue weighted by Crippen LogP contribution is -2.23. The summed E-state index contributed by atoms with van der Waals surface area (Å²) in [5.74, 6) is 0.812. The minimum atomic E-state index is -0.380. The van der Waals surface area contributed by atoms with Crippen LogP contribution in [0.2, 0.25) is 0 Å². The topological polar surface area (TPSA) is 97.7 Å². The summed E-state index contributed by atoms with van der Waals surface area (Å²) >= 11 is 0. The van der Waals surface area contributed by atoms with Gasteiger partial charge in [0.25, 0.3) is 11.5 Å². The first-order valence-corrected chi connectivity index (χ1v) is 9.26. The molecule has 2 heterocycles. The predicted molar refractivity (Wildman–Crippen MR) is 112 cm³/mol. The number of nitrogens with one attached hydrogen (secondary N) is 2. The molecule has 4 aromatic rings. The van der Waals surface area contributed by atoms with Gasteiger partial charge in [0.05, 0.1) is 26.1 Å². The number of hydrogen-bond donors (Lipinski definition) is 2. The summed E-state index contributed by atoms with van der Waals surface area (Å²) in [7, 11) is 3.12. The molecule has 4 rings (SSSR count). The maximum atomic E-state index is 12.6. The van der Waals surface area contributed by atoms with Crippen molar-refractivity contribution in [1.82, 2.24) is 19.9 Å². The number of benzene rings is 2. The molecule has 0 saturated carbocycles. The number of hydrogen-bond acceptors (Lipinski definition) is 5. The standard InChI is InChI=1S/C22H20N4O4/c1-29-19-9-8-14(10-20(19)30-2)12-23-21(27)16-11-18-22(28)24-17(13-26(18)25-16)15-6-4-3-5-7-15/h3-11,13H,12H2,1-2H3,(H,23,27)(H,24,28). The molecule has 0 spiro atoms. The molecule has 0 saturated heterocycles. The Morgan fingerprint density at radius 3 is 2.57 bits per heavy atom. The molecule has 8 heteroatoms. The highest BCUT2D eigenvalue weighted by Crippen LogP contribution is 2.27.